The number of nitriles is 1. The van der Waals surface area contributed by atoms with E-state index in [1.54, 1.807) is 24.3 Å². The van der Waals surface area contributed by atoms with Crippen molar-refractivity contribution in [2.24, 2.45) is 0 Å². The molecule has 0 aliphatic carbocycles. The van der Waals surface area contributed by atoms with Gasteiger partial charge in [0.15, 0.2) is 5.82 Å². The summed E-state index contributed by atoms with van der Waals surface area (Å²) in [4.78, 5) is 13.4. The Hall–Kier alpha value is -2.92. The van der Waals surface area contributed by atoms with E-state index in [1.807, 2.05) is 25.1 Å². The number of hydrogen-bond donors (Lipinski definition) is 3. The lowest BCUT2D eigenvalue weighted by atomic mass is 10.2. The second-order valence-corrected chi connectivity index (χ2v) is 7.21. The highest BCUT2D eigenvalue weighted by Gasteiger charge is 2.11. The minimum atomic E-state index is 0.502. The Bertz CT molecular complexity index is 1030. The van der Waals surface area contributed by atoms with Gasteiger partial charge < -0.3 is 16.0 Å². The molecule has 3 rings (SSSR count). The second kappa shape index (κ2) is 10.7. The van der Waals surface area contributed by atoms with E-state index in [-0.39, 0.29) is 0 Å². The molecule has 3 N–H and O–H groups in total. The maximum Gasteiger partial charge on any atom is 0.163 e. The fourth-order valence-electron chi connectivity index (χ4n) is 2.67. The van der Waals surface area contributed by atoms with Gasteiger partial charge in [-0.05, 0) is 36.9 Å². The van der Waals surface area contributed by atoms with Gasteiger partial charge in [0.25, 0.3) is 0 Å². The summed E-state index contributed by atoms with van der Waals surface area (Å²) in [6.45, 7) is 4.75. The van der Waals surface area contributed by atoms with Crippen LogP contribution in [0.2, 0.25) is 10.0 Å². The van der Waals surface area contributed by atoms with Gasteiger partial charge in [0.05, 0.1) is 16.3 Å². The number of anilines is 2. The molecule has 0 spiro atoms. The van der Waals surface area contributed by atoms with Gasteiger partial charge in [0.2, 0.25) is 0 Å². The molecule has 0 saturated heterocycles. The second-order valence-electron chi connectivity index (χ2n) is 6.37. The molecular weight excluding hydrogens is 421 g/mol. The number of pyridine rings is 1. The van der Waals surface area contributed by atoms with Crippen LogP contribution in [0, 0.1) is 11.3 Å². The lowest BCUT2D eigenvalue weighted by molar-refractivity contribution is 0.709. The average molecular weight is 442 g/mol. The van der Waals surface area contributed by atoms with Crippen LogP contribution in [0.25, 0.3) is 11.4 Å². The van der Waals surface area contributed by atoms with Crippen molar-refractivity contribution in [2.75, 3.05) is 30.3 Å². The van der Waals surface area contributed by atoms with Crippen molar-refractivity contribution in [3.63, 3.8) is 0 Å². The zero-order valence-electron chi connectivity index (χ0n) is 16.4. The van der Waals surface area contributed by atoms with Crippen molar-refractivity contribution in [3.8, 4) is 17.5 Å². The molecule has 0 radical (unpaired) electrons. The van der Waals surface area contributed by atoms with Crippen LogP contribution >= 0.6 is 23.2 Å². The molecule has 0 fully saturated rings. The summed E-state index contributed by atoms with van der Waals surface area (Å²) in [5.74, 6) is 1.95. The van der Waals surface area contributed by atoms with E-state index in [4.69, 9.17) is 28.5 Å². The third-order valence-electron chi connectivity index (χ3n) is 4.14. The molecule has 7 nitrogen and oxygen atoms in total. The Kier molecular flexibility index (Phi) is 7.80. The number of hydrogen-bond acceptors (Lipinski definition) is 7. The minimum absolute atomic E-state index is 0.502. The summed E-state index contributed by atoms with van der Waals surface area (Å²) in [6.07, 6.45) is 1.54. The predicted octanol–water partition coefficient (Wildman–Crippen LogP) is 4.35. The SMILES string of the molecule is CCNCc1cc(NCCNc2ccc(C#N)cn2)nc(-c2ccc(Cl)cc2Cl)n1. The quantitative estimate of drug-likeness (QED) is 0.424. The van der Waals surface area contributed by atoms with Crippen LogP contribution in [0.3, 0.4) is 0 Å². The van der Waals surface area contributed by atoms with Crippen LogP contribution < -0.4 is 16.0 Å². The number of nitrogens with one attached hydrogen (secondary N) is 3. The Morgan fingerprint density at radius 2 is 1.80 bits per heavy atom. The summed E-state index contributed by atoms with van der Waals surface area (Å²) in [7, 11) is 0. The van der Waals surface area contributed by atoms with E-state index in [9.17, 15) is 0 Å². The van der Waals surface area contributed by atoms with E-state index in [1.165, 1.54) is 6.20 Å². The van der Waals surface area contributed by atoms with Gasteiger partial charge in [-0.25, -0.2) is 15.0 Å². The highest BCUT2D eigenvalue weighted by atomic mass is 35.5. The van der Waals surface area contributed by atoms with E-state index in [2.05, 4.69) is 30.9 Å². The first kappa shape index (κ1) is 21.8. The van der Waals surface area contributed by atoms with Crippen LogP contribution in [-0.2, 0) is 6.54 Å². The standard InChI is InChI=1S/C21H21Cl2N7/c1-2-25-13-16-10-20(27-8-7-26-19-6-3-14(11-24)12-28-19)30-21(29-16)17-5-4-15(22)9-18(17)23/h3-6,9-10,12,25H,2,7-8,13H2,1H3,(H,26,28)(H,27,29,30). The number of halogens is 2. The lowest BCUT2D eigenvalue weighted by Crippen LogP contribution is -2.17. The smallest absolute Gasteiger partial charge is 0.163 e. The van der Waals surface area contributed by atoms with Crippen molar-refractivity contribution in [1.82, 2.24) is 20.3 Å². The van der Waals surface area contributed by atoms with E-state index in [0.717, 1.165) is 17.8 Å². The molecule has 2 heterocycles. The number of rotatable bonds is 9. The largest absolute Gasteiger partial charge is 0.368 e. The van der Waals surface area contributed by atoms with Crippen molar-refractivity contribution >= 4 is 34.8 Å². The van der Waals surface area contributed by atoms with Gasteiger partial charge in [0, 0.05) is 42.5 Å². The molecule has 1 aromatic carbocycles. The van der Waals surface area contributed by atoms with Crippen molar-refractivity contribution in [2.45, 2.75) is 13.5 Å². The van der Waals surface area contributed by atoms with Crippen LogP contribution in [0.5, 0.6) is 0 Å². The minimum Gasteiger partial charge on any atom is -0.368 e. The Labute approximate surface area is 185 Å². The highest BCUT2D eigenvalue weighted by Crippen LogP contribution is 2.29. The summed E-state index contributed by atoms with van der Waals surface area (Å²) in [5.41, 5.74) is 2.11. The molecule has 3 aromatic rings. The van der Waals surface area contributed by atoms with Crippen LogP contribution in [0.15, 0.2) is 42.6 Å². The van der Waals surface area contributed by atoms with Gasteiger partial charge in [-0.3, -0.25) is 0 Å². The first-order chi connectivity index (χ1) is 14.6. The first-order valence-corrected chi connectivity index (χ1v) is 10.2. The Balaban J connectivity index is 1.70. The van der Waals surface area contributed by atoms with Crippen LogP contribution in [-0.4, -0.2) is 34.6 Å². The zero-order chi connectivity index (χ0) is 21.3. The summed E-state index contributed by atoms with van der Waals surface area (Å²) in [6, 6.07) is 12.7. The maximum atomic E-state index is 8.83. The Morgan fingerprint density at radius 1 is 1.00 bits per heavy atom. The molecule has 0 amide bonds. The summed E-state index contributed by atoms with van der Waals surface area (Å²) >= 11 is 12.4. The molecule has 2 aromatic heterocycles. The van der Waals surface area contributed by atoms with Gasteiger partial charge in [-0.1, -0.05) is 30.1 Å². The van der Waals surface area contributed by atoms with E-state index in [0.29, 0.717) is 52.7 Å². The topological polar surface area (TPSA) is 98.5 Å². The average Bonchev–Trinajstić information content (AvgIpc) is 2.75. The van der Waals surface area contributed by atoms with Gasteiger partial charge in [-0.15, -0.1) is 0 Å². The molecule has 0 atom stereocenters. The van der Waals surface area contributed by atoms with E-state index >= 15 is 0 Å². The molecule has 0 aliphatic rings. The molecule has 0 unspecified atom stereocenters. The Morgan fingerprint density at radius 3 is 2.47 bits per heavy atom. The van der Waals surface area contributed by atoms with Crippen molar-refractivity contribution < 1.29 is 0 Å². The van der Waals surface area contributed by atoms with Gasteiger partial charge in [0.1, 0.15) is 17.7 Å². The van der Waals surface area contributed by atoms with Crippen molar-refractivity contribution in [3.05, 3.63) is 63.9 Å². The third-order valence-corrected chi connectivity index (χ3v) is 4.68. The third kappa shape index (κ3) is 6.04. The van der Waals surface area contributed by atoms with Gasteiger partial charge in [-0.2, -0.15) is 5.26 Å². The summed E-state index contributed by atoms with van der Waals surface area (Å²) < 4.78 is 0. The lowest BCUT2D eigenvalue weighted by Gasteiger charge is -2.12. The number of benzene rings is 1. The first-order valence-electron chi connectivity index (χ1n) is 9.47. The molecular formula is C21H21Cl2N7. The molecule has 0 bridgehead atoms. The summed E-state index contributed by atoms with van der Waals surface area (Å²) in [5, 5.41) is 19.7. The van der Waals surface area contributed by atoms with Crippen LogP contribution in [0.1, 0.15) is 18.2 Å². The zero-order valence-corrected chi connectivity index (χ0v) is 17.9. The molecule has 154 valence electrons. The maximum absolute atomic E-state index is 8.83. The van der Waals surface area contributed by atoms with E-state index < -0.39 is 0 Å². The molecule has 30 heavy (non-hydrogen) atoms. The predicted molar refractivity (Wildman–Crippen MR) is 121 cm³/mol. The fourth-order valence-corrected chi connectivity index (χ4v) is 3.16. The monoisotopic (exact) mass is 441 g/mol. The normalized spacial score (nSPS) is 10.5. The molecule has 9 heteroatoms. The molecule has 0 aliphatic heterocycles. The number of nitrogens with zero attached hydrogens (tertiary/aromatic N) is 4. The fraction of sp³-hybridized carbons (Fsp3) is 0.238. The van der Waals surface area contributed by atoms with Gasteiger partial charge >= 0.3 is 0 Å². The molecule has 0 saturated carbocycles. The number of aromatic nitrogens is 3. The highest BCUT2D eigenvalue weighted by molar-refractivity contribution is 6.36. The van der Waals surface area contributed by atoms with Crippen molar-refractivity contribution in [1.29, 1.82) is 5.26 Å². The van der Waals surface area contributed by atoms with Crippen LogP contribution in [0.4, 0.5) is 11.6 Å².